The van der Waals surface area contributed by atoms with Crippen molar-refractivity contribution in [2.24, 2.45) is 11.5 Å². The van der Waals surface area contributed by atoms with Crippen LogP contribution in [0.25, 0.3) is 0 Å². The average Bonchev–Trinajstić information content (AvgIpc) is 1.58. The first kappa shape index (κ1) is 82.5. The van der Waals surface area contributed by atoms with Gasteiger partial charge in [-0.3, -0.25) is 28.2 Å². The van der Waals surface area contributed by atoms with Crippen molar-refractivity contribution >= 4 is 49.5 Å². The second-order valence-electron chi connectivity index (χ2n) is 25.7. The van der Waals surface area contributed by atoms with Gasteiger partial charge in [0, 0.05) is 47.9 Å². The topological polar surface area (TPSA) is 594 Å². The van der Waals surface area contributed by atoms with Crippen molar-refractivity contribution < 1.29 is 141 Å². The number of unbranched alkanes of at least 4 members (excludes halogenated alkanes) is 13. The van der Waals surface area contributed by atoms with E-state index < -0.39 is 180 Å². The van der Waals surface area contributed by atoms with Gasteiger partial charge in [-0.15, -0.1) is 5.10 Å². The van der Waals surface area contributed by atoms with Gasteiger partial charge in [0.15, 0.2) is 48.9 Å². The Labute approximate surface area is 600 Å². The minimum atomic E-state index is -5.66. The number of ether oxygens (including phenoxy) is 9. The van der Waals surface area contributed by atoms with E-state index in [1.807, 2.05) is 0 Å². The van der Waals surface area contributed by atoms with Crippen LogP contribution in [0.2, 0.25) is 0 Å². The minimum Gasteiger partial charge on any atom is -0.508 e. The van der Waals surface area contributed by atoms with Gasteiger partial charge in [0.05, 0.1) is 38.1 Å². The first-order chi connectivity index (χ1) is 49.7. The molecule has 4 aromatic rings. The number of rotatable bonds is 37. The lowest BCUT2D eigenvalue weighted by molar-refractivity contribution is -0.357. The highest BCUT2D eigenvalue weighted by Gasteiger charge is 2.58. The number of carbonyl (C=O) groups is 7. The Morgan fingerprint density at radius 1 is 0.705 bits per heavy atom. The van der Waals surface area contributed by atoms with Crippen molar-refractivity contribution in [2.75, 3.05) is 26.4 Å². The molecule has 5 amide bonds. The number of hydrogen-bond acceptors (Lipinski definition) is 30. The van der Waals surface area contributed by atoms with Crippen LogP contribution in [0.4, 0.5) is 4.79 Å². The van der Waals surface area contributed by atoms with Crippen molar-refractivity contribution in [1.82, 2.24) is 37.1 Å². The van der Waals surface area contributed by atoms with Crippen LogP contribution >= 0.6 is 7.82 Å². The molecule has 17 atom stereocenters. The summed E-state index contributed by atoms with van der Waals surface area (Å²) in [6, 6.07) is 9.00. The van der Waals surface area contributed by atoms with Crippen LogP contribution < -0.4 is 38.3 Å². The summed E-state index contributed by atoms with van der Waals surface area (Å²) >= 11 is 0. The van der Waals surface area contributed by atoms with Gasteiger partial charge in [-0.25, -0.2) is 23.6 Å². The number of carboxylic acids is 1. The fraction of sp³-hybridized carbons (Fsp3) is 0.591. The number of aromatic nitrogens is 3. The number of phenols is 2. The number of phosphoric ester groups is 1. The number of primary amides is 2. The Bertz CT molecular complexity index is 3650. The quantitative estimate of drug-likeness (QED) is 0.0168. The lowest BCUT2D eigenvalue weighted by Crippen LogP contribution is -2.70. The number of fused-ring (bicyclic) bond motifs is 6. The number of nitrogens with zero attached hydrogens (tertiary/aromatic N) is 3. The second kappa shape index (κ2) is 37.4. The molecule has 0 radical (unpaired) electrons. The van der Waals surface area contributed by atoms with Crippen LogP contribution in [0.1, 0.15) is 147 Å². The number of hydrogen-bond donors (Lipinski definition) is 16. The van der Waals surface area contributed by atoms with Crippen LogP contribution in [0, 0.1) is 0 Å². The molecule has 38 nitrogen and oxygen atoms in total. The molecule has 20 N–H and O–H groups in total. The molecule has 9 rings (SSSR count). The fourth-order valence-electron chi connectivity index (χ4n) is 13.0. The third-order valence-corrected chi connectivity index (χ3v) is 19.1. The molecule has 0 saturated carbocycles. The van der Waals surface area contributed by atoms with Crippen molar-refractivity contribution in [2.45, 2.75) is 221 Å². The van der Waals surface area contributed by atoms with Crippen LogP contribution in [0.15, 0.2) is 60.8 Å². The second-order valence-corrected chi connectivity index (χ2v) is 27.1. The third-order valence-electron chi connectivity index (χ3n) is 18.1. The third kappa shape index (κ3) is 20.3. The van der Waals surface area contributed by atoms with Crippen LogP contribution in [-0.2, 0) is 89.4 Å². The zero-order valence-electron chi connectivity index (χ0n) is 57.5. The van der Waals surface area contributed by atoms with E-state index in [0.29, 0.717) is 29.5 Å². The molecule has 0 aliphatic carbocycles. The molecular weight excluding hydrogens is 1410 g/mol. The highest BCUT2D eigenvalue weighted by molar-refractivity contribution is 7.47. The number of phenolic OH excluding ortho intramolecular Hbond substituents is 2. The largest absolute Gasteiger partial charge is 0.508 e. The number of aromatic hydroxyl groups is 2. The average molecular weight is 1510 g/mol. The molecule has 5 aliphatic heterocycles. The van der Waals surface area contributed by atoms with Gasteiger partial charge in [-0.1, -0.05) is 102 Å². The van der Waals surface area contributed by atoms with Gasteiger partial charge < -0.3 is 127 Å². The predicted molar refractivity (Wildman–Crippen MR) is 356 cm³/mol. The number of esters is 1. The number of nitrogens with two attached hydrogens (primary N) is 2. The predicted octanol–water partition coefficient (Wildman–Crippen LogP) is 0.746. The monoisotopic (exact) mass is 1510 g/mol. The Morgan fingerprint density at radius 3 is 1.85 bits per heavy atom. The van der Waals surface area contributed by atoms with Gasteiger partial charge in [0.1, 0.15) is 90.0 Å². The lowest BCUT2D eigenvalue weighted by atomic mass is 9.77. The molecule has 39 heteroatoms. The van der Waals surface area contributed by atoms with Gasteiger partial charge in [0.25, 0.3) is 5.91 Å². The Kier molecular flexibility index (Phi) is 29.4. The summed E-state index contributed by atoms with van der Waals surface area (Å²) in [6.07, 6.45) is -14.9. The van der Waals surface area contributed by atoms with Gasteiger partial charge in [-0.2, -0.15) is 0 Å². The van der Waals surface area contributed by atoms with Crippen molar-refractivity contribution in [3.8, 4) is 23.0 Å². The standard InChI is InChI=1S/C66H89N8O29P.H3N/c1-3-4-5-6-7-8-9-10-11-12-13-14-15-16-23-93-46(60(87)88)32-94-104(91,92)103-64-57(55(101-65(68)90)53(84)56(99-64)58(67)85)100-63-49(70-33(2)77)52(83)54(45(31-76)97-63)98-62-48(51(82)50(81)44(30-75)96-62)71-47(80)29-74-28-35(72-73-74)27-69-59(86)34-17-20-39-38(24-34)61(89)102-66(39)40-21-18-36(78)25-42(40)95-43-26-37(79)19-22-41(43)66;/h17-22,24-26,28,44-46,48-57,62-64,75-76,78-79,81-84H,3-16,23,27,29-32H2,1-2H3,(H2,67,85)(H2,68,90)(H,69,86)(H,70,77)(H,71,80)(H,87,88)(H,91,92);1H3/t44-,45-,46-,48-,49-,50+,51-,52-,53+,54-,55+,56+,57-,62+,63+,64-;/m1./s1. The number of amides is 5. The molecule has 5 aliphatic rings. The van der Waals surface area contributed by atoms with E-state index >= 15 is 0 Å². The molecule has 3 aromatic carbocycles. The van der Waals surface area contributed by atoms with Crippen molar-refractivity contribution in [3.05, 3.63) is 94.3 Å². The lowest BCUT2D eigenvalue weighted by Gasteiger charge is -2.49. The van der Waals surface area contributed by atoms with Gasteiger partial charge in [0.2, 0.25) is 17.7 Å². The molecule has 1 aromatic heterocycles. The smallest absolute Gasteiger partial charge is 0.474 e. The molecule has 3 fully saturated rings. The van der Waals surface area contributed by atoms with Gasteiger partial charge in [-0.05, 0) is 42.8 Å². The fourth-order valence-corrected chi connectivity index (χ4v) is 13.8. The number of nitrogens with one attached hydrogen (secondary N) is 3. The molecular formula is C66H92N9O29P. The first-order valence-corrected chi connectivity index (χ1v) is 35.6. The zero-order valence-corrected chi connectivity index (χ0v) is 58.4. The van der Waals surface area contributed by atoms with E-state index in [0.717, 1.165) is 43.7 Å². The molecule has 3 saturated heterocycles. The number of aliphatic carboxylic acids is 1. The van der Waals surface area contributed by atoms with E-state index in [9.17, 15) is 89.0 Å². The zero-order chi connectivity index (χ0) is 75.2. The summed E-state index contributed by atoms with van der Waals surface area (Å²) < 4.78 is 77.1. The summed E-state index contributed by atoms with van der Waals surface area (Å²) in [6.45, 7) is -1.15. The number of carbonyl (C=O) groups excluding carboxylic acids is 6. The SMILES string of the molecule is CCCCCCCCCCCCCCCCO[C@H](COP(=O)(O)O[C@H]1O[C@H](C(N)=O)[C@@H](O)[C@H](OC(N)=O)[C@H]1O[C@@H]1O[C@H](CO)[C@@H](O[C@@H]2O[C@H](CO)[C@H](O)[C@H](O)[C@H]2NC(=O)Cn2cc(CNC(=O)c3ccc4c(c3)C(=O)OC43c4ccc(O)cc4Oc4cc(O)ccc43)nn2)[C@H](O)[C@H]1NC(C)=O)C(=O)O.N. The van der Waals surface area contributed by atoms with Crippen molar-refractivity contribution in [3.63, 3.8) is 0 Å². The number of carboxylic acid groups (broad SMARTS) is 1. The summed E-state index contributed by atoms with van der Waals surface area (Å²) in [4.78, 5) is 102. The Morgan fingerprint density at radius 2 is 1.28 bits per heavy atom. The Hall–Kier alpha value is -8.12. The number of phosphoric acid groups is 1. The van der Waals surface area contributed by atoms with E-state index in [-0.39, 0.29) is 59.1 Å². The summed E-state index contributed by atoms with van der Waals surface area (Å²) in [5.41, 5.74) is 10.5. The molecule has 1 spiro atoms. The van der Waals surface area contributed by atoms with Crippen LogP contribution in [-0.4, -0.2) is 232 Å². The normalized spacial score (nSPS) is 26.6. The van der Waals surface area contributed by atoms with E-state index in [4.69, 9.17) is 63.1 Å². The van der Waals surface area contributed by atoms with Crippen LogP contribution in [0.3, 0.4) is 0 Å². The summed E-state index contributed by atoms with van der Waals surface area (Å²) in [5.74, 6) is -6.44. The molecule has 580 valence electrons. The highest BCUT2D eigenvalue weighted by Crippen LogP contribution is 2.57. The van der Waals surface area contributed by atoms with E-state index in [2.05, 4.69) is 33.2 Å². The van der Waals surface area contributed by atoms with Gasteiger partial charge >= 0.3 is 25.9 Å². The number of benzene rings is 3. The van der Waals surface area contributed by atoms with Crippen LogP contribution in [0.5, 0.6) is 23.0 Å². The molecule has 0 bridgehead atoms. The van der Waals surface area contributed by atoms with Crippen molar-refractivity contribution in [1.29, 1.82) is 0 Å². The maximum atomic E-state index is 13.8. The maximum Gasteiger partial charge on any atom is 0.474 e. The number of aliphatic hydroxyl groups excluding tert-OH is 6. The molecule has 6 heterocycles. The van der Waals surface area contributed by atoms with E-state index in [1.54, 1.807) is 0 Å². The minimum absolute atomic E-state index is 0. The summed E-state index contributed by atoms with van der Waals surface area (Å²) in [5, 5.41) is 113. The molecule has 1 unspecified atom stereocenters. The summed E-state index contributed by atoms with van der Waals surface area (Å²) in [7, 11) is -5.66. The maximum absolute atomic E-state index is 13.8. The number of aliphatic hydroxyl groups is 6. The van der Waals surface area contributed by atoms with E-state index in [1.165, 1.54) is 106 Å². The Balaban J connectivity index is 0.0000139. The highest BCUT2D eigenvalue weighted by atomic mass is 31.2. The molecule has 105 heavy (non-hydrogen) atoms. The first-order valence-electron chi connectivity index (χ1n) is 34.1.